The van der Waals surface area contributed by atoms with Crippen molar-refractivity contribution in [2.24, 2.45) is 0 Å². The molecule has 0 aliphatic carbocycles. The summed E-state index contributed by atoms with van der Waals surface area (Å²) in [4.78, 5) is 0. The topological polar surface area (TPSA) is 96.9 Å². The molecule has 10 heteroatoms. The first-order valence-electron chi connectivity index (χ1n) is 16.3. The number of hydrogen-bond donors (Lipinski definition) is 2. The van der Waals surface area contributed by atoms with Crippen LogP contribution in [0, 0.1) is 5.82 Å². The molecule has 1 aliphatic heterocycles. The molecule has 0 saturated carbocycles. The van der Waals surface area contributed by atoms with E-state index < -0.39 is 11.9 Å². The summed E-state index contributed by atoms with van der Waals surface area (Å²) in [6.45, 7) is 3.21. The van der Waals surface area contributed by atoms with Crippen molar-refractivity contribution < 1.29 is 42.7 Å². The van der Waals surface area contributed by atoms with Crippen LogP contribution in [0.3, 0.4) is 0 Å². The maximum absolute atomic E-state index is 13.9. The Hall–Kier alpha value is -3.77. The Morgan fingerprint density at radius 1 is 0.833 bits per heavy atom. The molecule has 4 atom stereocenters. The Balaban J connectivity index is 1.20. The van der Waals surface area contributed by atoms with E-state index in [1.165, 1.54) is 13.2 Å². The van der Waals surface area contributed by atoms with Crippen molar-refractivity contribution in [2.75, 3.05) is 60.8 Å². The molecule has 5 rings (SSSR count). The van der Waals surface area contributed by atoms with Crippen molar-refractivity contribution in [3.05, 3.63) is 101 Å². The van der Waals surface area contributed by atoms with E-state index in [1.807, 2.05) is 36.4 Å². The molecule has 9 nitrogen and oxygen atoms in total. The minimum atomic E-state index is -0.724. The number of hydrogen-bond acceptors (Lipinski definition) is 9. The highest BCUT2D eigenvalue weighted by molar-refractivity contribution is 5.89. The van der Waals surface area contributed by atoms with Crippen LogP contribution in [-0.2, 0) is 32.2 Å². The lowest BCUT2D eigenvalue weighted by molar-refractivity contribution is -0.0856. The SMILES string of the molecule is COC[C@@H](O)CO[C@@H]1CNCC(OCc2cc(OC)c3ccccc3c2)[C@H]1c1ccc(OCCCOCc2cccc(F)c2OC)cc1. The highest BCUT2D eigenvalue weighted by Gasteiger charge is 2.36. The van der Waals surface area contributed by atoms with Crippen LogP contribution >= 0.6 is 0 Å². The van der Waals surface area contributed by atoms with Gasteiger partial charge in [-0.1, -0.05) is 48.5 Å². The fourth-order valence-electron chi connectivity index (χ4n) is 6.10. The predicted molar refractivity (Wildman–Crippen MR) is 181 cm³/mol. The van der Waals surface area contributed by atoms with E-state index in [9.17, 15) is 9.50 Å². The number of halogens is 1. The summed E-state index contributed by atoms with van der Waals surface area (Å²) in [5, 5.41) is 15.9. The number of aliphatic hydroxyl groups excluding tert-OH is 1. The Morgan fingerprint density at radius 3 is 2.40 bits per heavy atom. The van der Waals surface area contributed by atoms with Crippen molar-refractivity contribution in [1.29, 1.82) is 0 Å². The minimum Gasteiger partial charge on any atom is -0.496 e. The minimum absolute atomic E-state index is 0.0920. The lowest BCUT2D eigenvalue weighted by Gasteiger charge is -2.39. The van der Waals surface area contributed by atoms with Gasteiger partial charge in [-0.2, -0.15) is 0 Å². The lowest BCUT2D eigenvalue weighted by Crippen LogP contribution is -2.51. The molecule has 0 radical (unpaired) electrons. The zero-order valence-corrected chi connectivity index (χ0v) is 27.9. The molecule has 0 spiro atoms. The van der Waals surface area contributed by atoms with Crippen LogP contribution in [0.25, 0.3) is 10.8 Å². The molecule has 0 bridgehead atoms. The summed E-state index contributed by atoms with van der Waals surface area (Å²) in [6.07, 6.45) is -0.482. The van der Waals surface area contributed by atoms with Gasteiger partial charge in [-0.25, -0.2) is 4.39 Å². The standard InChI is InChI=1S/C38H46FNO8/c1-42-24-30(41)25-48-36-21-40-20-35(47-22-26-18-28-8-4-5-10-32(28)34(19-26)43-2)37(36)27-12-14-31(15-13-27)46-17-7-16-45-23-29-9-6-11-33(39)38(29)44-3/h4-6,8-15,18-19,30,35-37,40-41H,7,16-17,20-25H2,1-3H3/t30-,35?,36-,37-/m1/s1. The second-order valence-corrected chi connectivity index (χ2v) is 11.8. The number of methoxy groups -OCH3 is 3. The van der Waals surface area contributed by atoms with Gasteiger partial charge in [0, 0.05) is 43.5 Å². The lowest BCUT2D eigenvalue weighted by atomic mass is 9.85. The van der Waals surface area contributed by atoms with Gasteiger partial charge < -0.3 is 43.6 Å². The van der Waals surface area contributed by atoms with Gasteiger partial charge in [0.2, 0.25) is 0 Å². The van der Waals surface area contributed by atoms with Crippen molar-refractivity contribution >= 4 is 10.8 Å². The molecule has 1 fully saturated rings. The number of piperidine rings is 1. The number of aliphatic hydroxyl groups is 1. The summed E-state index contributed by atoms with van der Waals surface area (Å²) in [5.41, 5.74) is 2.75. The zero-order chi connectivity index (χ0) is 33.7. The molecule has 1 heterocycles. The molecule has 258 valence electrons. The van der Waals surface area contributed by atoms with Gasteiger partial charge in [0.05, 0.1) is 66.1 Å². The quantitative estimate of drug-likeness (QED) is 0.131. The van der Waals surface area contributed by atoms with Gasteiger partial charge >= 0.3 is 0 Å². The molecule has 2 N–H and O–H groups in total. The highest BCUT2D eigenvalue weighted by atomic mass is 19.1. The van der Waals surface area contributed by atoms with Crippen molar-refractivity contribution in [1.82, 2.24) is 5.32 Å². The van der Waals surface area contributed by atoms with Crippen molar-refractivity contribution in [3.8, 4) is 17.2 Å². The molecule has 1 aliphatic rings. The first kappa shape index (κ1) is 35.5. The monoisotopic (exact) mass is 663 g/mol. The third-order valence-electron chi connectivity index (χ3n) is 8.40. The Morgan fingerprint density at radius 2 is 1.62 bits per heavy atom. The fourth-order valence-corrected chi connectivity index (χ4v) is 6.10. The number of nitrogens with one attached hydrogen (secondary N) is 1. The van der Waals surface area contributed by atoms with E-state index in [0.717, 1.165) is 33.4 Å². The highest BCUT2D eigenvalue weighted by Crippen LogP contribution is 2.33. The van der Waals surface area contributed by atoms with Gasteiger partial charge in [0.1, 0.15) is 17.6 Å². The Labute approximate surface area is 281 Å². The van der Waals surface area contributed by atoms with Crippen LogP contribution in [-0.4, -0.2) is 84.3 Å². The first-order chi connectivity index (χ1) is 23.5. The number of fused-ring (bicyclic) bond motifs is 1. The summed E-state index contributed by atoms with van der Waals surface area (Å²) in [5.74, 6) is 1.27. The molecule has 4 aromatic carbocycles. The van der Waals surface area contributed by atoms with Gasteiger partial charge in [-0.15, -0.1) is 0 Å². The number of benzene rings is 4. The molecule has 0 aromatic heterocycles. The normalized spacial score (nSPS) is 18.5. The van der Waals surface area contributed by atoms with Crippen LogP contribution in [0.4, 0.5) is 4.39 Å². The van der Waals surface area contributed by atoms with E-state index in [1.54, 1.807) is 26.4 Å². The van der Waals surface area contributed by atoms with Crippen molar-refractivity contribution in [2.45, 2.75) is 43.9 Å². The second-order valence-electron chi connectivity index (χ2n) is 11.8. The third kappa shape index (κ3) is 9.43. The maximum atomic E-state index is 13.9. The average molecular weight is 664 g/mol. The van der Waals surface area contributed by atoms with E-state index in [2.05, 4.69) is 29.6 Å². The number of rotatable bonds is 18. The Kier molecular flexibility index (Phi) is 13.4. The van der Waals surface area contributed by atoms with Gasteiger partial charge in [0.25, 0.3) is 0 Å². The van der Waals surface area contributed by atoms with Gasteiger partial charge in [-0.05, 0) is 46.8 Å². The molecule has 1 saturated heterocycles. The number of ether oxygens (including phenoxy) is 7. The first-order valence-corrected chi connectivity index (χ1v) is 16.3. The summed E-state index contributed by atoms with van der Waals surface area (Å²) >= 11 is 0. The van der Waals surface area contributed by atoms with Crippen molar-refractivity contribution in [3.63, 3.8) is 0 Å². The van der Waals surface area contributed by atoms with Crippen LogP contribution in [0.1, 0.15) is 29.0 Å². The molecule has 1 unspecified atom stereocenters. The molecule has 0 amide bonds. The van der Waals surface area contributed by atoms with Gasteiger partial charge in [0.15, 0.2) is 11.6 Å². The average Bonchev–Trinajstić information content (AvgIpc) is 3.11. The Bertz CT molecular complexity index is 1570. The predicted octanol–water partition coefficient (Wildman–Crippen LogP) is 5.65. The fraction of sp³-hybridized carbons (Fsp3) is 0.421. The summed E-state index contributed by atoms with van der Waals surface area (Å²) < 4.78 is 54.4. The molecule has 4 aromatic rings. The van der Waals surface area contributed by atoms with Crippen LogP contribution < -0.4 is 19.5 Å². The van der Waals surface area contributed by atoms with E-state index in [-0.39, 0.29) is 43.7 Å². The second kappa shape index (κ2) is 18.1. The van der Waals surface area contributed by atoms with E-state index in [4.69, 9.17) is 33.2 Å². The third-order valence-corrected chi connectivity index (χ3v) is 8.40. The van der Waals surface area contributed by atoms with Crippen LogP contribution in [0.15, 0.2) is 78.9 Å². The summed E-state index contributed by atoms with van der Waals surface area (Å²) in [6, 6.07) is 25.1. The zero-order valence-electron chi connectivity index (χ0n) is 27.9. The number of para-hydroxylation sites is 1. The maximum Gasteiger partial charge on any atom is 0.165 e. The van der Waals surface area contributed by atoms with Crippen LogP contribution in [0.5, 0.6) is 17.2 Å². The van der Waals surface area contributed by atoms with E-state index >= 15 is 0 Å². The molecular formula is C38H46FNO8. The molecule has 48 heavy (non-hydrogen) atoms. The largest absolute Gasteiger partial charge is 0.496 e. The smallest absolute Gasteiger partial charge is 0.165 e. The molecular weight excluding hydrogens is 617 g/mol. The van der Waals surface area contributed by atoms with Gasteiger partial charge in [-0.3, -0.25) is 0 Å². The van der Waals surface area contributed by atoms with E-state index in [0.29, 0.717) is 44.9 Å². The van der Waals surface area contributed by atoms with Crippen LogP contribution in [0.2, 0.25) is 0 Å². The summed E-state index contributed by atoms with van der Waals surface area (Å²) in [7, 11) is 4.69.